The highest BCUT2D eigenvalue weighted by molar-refractivity contribution is 5.79. The lowest BCUT2D eigenvalue weighted by atomic mass is 10.1. The van der Waals surface area contributed by atoms with Crippen molar-refractivity contribution in [3.8, 4) is 0 Å². The number of benzene rings is 1. The predicted molar refractivity (Wildman–Crippen MR) is 79.3 cm³/mol. The predicted octanol–water partition coefficient (Wildman–Crippen LogP) is 2.60. The first-order chi connectivity index (χ1) is 9.88. The van der Waals surface area contributed by atoms with E-state index in [2.05, 4.69) is 10.4 Å². The summed E-state index contributed by atoms with van der Waals surface area (Å²) in [6.07, 6.45) is 0.167. The van der Waals surface area contributed by atoms with Gasteiger partial charge in [-0.2, -0.15) is 5.10 Å². The zero-order chi connectivity index (χ0) is 15.6. The molecule has 112 valence electrons. The Labute approximate surface area is 124 Å². The second-order valence-electron chi connectivity index (χ2n) is 5.30. The Morgan fingerprint density at radius 1 is 1.43 bits per heavy atom. The first-order valence-electron chi connectivity index (χ1n) is 6.92. The van der Waals surface area contributed by atoms with Gasteiger partial charge in [-0.3, -0.25) is 9.48 Å². The van der Waals surface area contributed by atoms with E-state index >= 15 is 0 Å². The molecular formula is C16H20FN3O. The zero-order valence-electron chi connectivity index (χ0n) is 12.8. The van der Waals surface area contributed by atoms with Crippen LogP contribution in [0, 0.1) is 19.7 Å². The molecular weight excluding hydrogens is 269 g/mol. The third-order valence-corrected chi connectivity index (χ3v) is 3.63. The second-order valence-corrected chi connectivity index (χ2v) is 5.30. The lowest BCUT2D eigenvalue weighted by molar-refractivity contribution is -0.121. The van der Waals surface area contributed by atoms with Crippen molar-refractivity contribution in [3.05, 3.63) is 52.6 Å². The van der Waals surface area contributed by atoms with E-state index in [9.17, 15) is 9.18 Å². The van der Waals surface area contributed by atoms with Crippen LogP contribution in [-0.4, -0.2) is 15.7 Å². The van der Waals surface area contributed by atoms with Gasteiger partial charge in [0.1, 0.15) is 5.82 Å². The van der Waals surface area contributed by atoms with Gasteiger partial charge in [0.05, 0.1) is 18.2 Å². The van der Waals surface area contributed by atoms with Crippen molar-refractivity contribution in [2.24, 2.45) is 7.05 Å². The van der Waals surface area contributed by atoms with Crippen molar-refractivity contribution < 1.29 is 9.18 Å². The highest BCUT2D eigenvalue weighted by Crippen LogP contribution is 2.20. The standard InChI is InChI=1S/C16H20FN3O/c1-10(16-11(2)19-20(4)12(16)3)18-15(21)9-13-6-5-7-14(17)8-13/h5-8,10H,9H2,1-4H3,(H,18,21). The maximum Gasteiger partial charge on any atom is 0.224 e. The Bertz CT molecular complexity index is 664. The quantitative estimate of drug-likeness (QED) is 0.940. The van der Waals surface area contributed by atoms with Gasteiger partial charge >= 0.3 is 0 Å². The van der Waals surface area contributed by atoms with E-state index in [1.807, 2.05) is 27.8 Å². The van der Waals surface area contributed by atoms with Crippen molar-refractivity contribution in [1.82, 2.24) is 15.1 Å². The lowest BCUT2D eigenvalue weighted by Crippen LogP contribution is -2.28. The fourth-order valence-electron chi connectivity index (χ4n) is 2.61. The van der Waals surface area contributed by atoms with E-state index in [1.54, 1.807) is 16.8 Å². The number of carbonyl (C=O) groups excluding carboxylic acids is 1. The fraction of sp³-hybridized carbons (Fsp3) is 0.375. The van der Waals surface area contributed by atoms with Crippen molar-refractivity contribution >= 4 is 5.91 Å². The van der Waals surface area contributed by atoms with E-state index in [4.69, 9.17) is 0 Å². The van der Waals surface area contributed by atoms with Crippen molar-refractivity contribution in [2.45, 2.75) is 33.2 Å². The molecule has 0 radical (unpaired) electrons. The number of aryl methyl sites for hydroxylation is 2. The Morgan fingerprint density at radius 3 is 2.71 bits per heavy atom. The number of nitrogens with one attached hydrogen (secondary N) is 1. The first kappa shape index (κ1) is 15.2. The molecule has 1 amide bonds. The van der Waals surface area contributed by atoms with Gasteiger partial charge in [-0.25, -0.2) is 4.39 Å². The lowest BCUT2D eigenvalue weighted by Gasteiger charge is -2.15. The Morgan fingerprint density at radius 2 is 2.14 bits per heavy atom. The number of hydrogen-bond acceptors (Lipinski definition) is 2. The summed E-state index contributed by atoms with van der Waals surface area (Å²) in [6.45, 7) is 5.84. The number of carbonyl (C=O) groups is 1. The second kappa shape index (κ2) is 6.08. The van der Waals surface area contributed by atoms with Gasteiger partial charge in [0.15, 0.2) is 0 Å². The van der Waals surface area contributed by atoms with E-state index in [0.29, 0.717) is 5.56 Å². The van der Waals surface area contributed by atoms with Gasteiger partial charge in [-0.1, -0.05) is 12.1 Å². The van der Waals surface area contributed by atoms with E-state index < -0.39 is 0 Å². The van der Waals surface area contributed by atoms with Crippen LogP contribution in [0.15, 0.2) is 24.3 Å². The monoisotopic (exact) mass is 289 g/mol. The van der Waals surface area contributed by atoms with E-state index in [1.165, 1.54) is 12.1 Å². The molecule has 2 rings (SSSR count). The zero-order valence-corrected chi connectivity index (χ0v) is 12.8. The average Bonchev–Trinajstić information content (AvgIpc) is 2.62. The summed E-state index contributed by atoms with van der Waals surface area (Å²) in [5, 5.41) is 7.29. The largest absolute Gasteiger partial charge is 0.349 e. The van der Waals surface area contributed by atoms with Crippen molar-refractivity contribution in [2.75, 3.05) is 0 Å². The summed E-state index contributed by atoms with van der Waals surface area (Å²) in [7, 11) is 1.88. The van der Waals surface area contributed by atoms with Crippen LogP contribution in [0.4, 0.5) is 4.39 Å². The molecule has 0 fully saturated rings. The molecule has 1 atom stereocenters. The molecule has 1 unspecified atom stereocenters. The van der Waals surface area contributed by atoms with Gasteiger partial charge < -0.3 is 5.32 Å². The van der Waals surface area contributed by atoms with E-state index in [0.717, 1.165) is 17.0 Å². The fourth-order valence-corrected chi connectivity index (χ4v) is 2.61. The highest BCUT2D eigenvalue weighted by atomic mass is 19.1. The van der Waals surface area contributed by atoms with Crippen LogP contribution in [0.5, 0.6) is 0 Å². The maximum absolute atomic E-state index is 13.1. The SMILES string of the molecule is Cc1nn(C)c(C)c1C(C)NC(=O)Cc1cccc(F)c1. The minimum absolute atomic E-state index is 0.125. The summed E-state index contributed by atoms with van der Waals surface area (Å²) in [6, 6.07) is 5.97. The molecule has 1 aromatic carbocycles. The van der Waals surface area contributed by atoms with Crippen LogP contribution >= 0.6 is 0 Å². The molecule has 0 saturated carbocycles. The number of halogens is 1. The Balaban J connectivity index is 2.05. The molecule has 1 aromatic heterocycles. The third kappa shape index (κ3) is 3.48. The molecule has 21 heavy (non-hydrogen) atoms. The van der Waals surface area contributed by atoms with E-state index in [-0.39, 0.29) is 24.2 Å². The molecule has 5 heteroatoms. The molecule has 0 aliphatic heterocycles. The van der Waals surface area contributed by atoms with Crippen LogP contribution in [-0.2, 0) is 18.3 Å². The summed E-state index contributed by atoms with van der Waals surface area (Å²) in [5.41, 5.74) is 3.64. The number of aromatic nitrogens is 2. The smallest absolute Gasteiger partial charge is 0.224 e. The minimum Gasteiger partial charge on any atom is -0.349 e. The molecule has 1 heterocycles. The highest BCUT2D eigenvalue weighted by Gasteiger charge is 2.18. The molecule has 4 nitrogen and oxygen atoms in total. The van der Waals surface area contributed by atoms with Crippen LogP contribution < -0.4 is 5.32 Å². The van der Waals surface area contributed by atoms with Crippen LogP contribution in [0.2, 0.25) is 0 Å². The average molecular weight is 289 g/mol. The molecule has 0 spiro atoms. The maximum atomic E-state index is 13.1. The summed E-state index contributed by atoms with van der Waals surface area (Å²) in [5.74, 6) is -0.456. The van der Waals surface area contributed by atoms with Gasteiger partial charge in [-0.05, 0) is 38.5 Å². The third-order valence-electron chi connectivity index (χ3n) is 3.63. The normalized spacial score (nSPS) is 12.2. The van der Waals surface area contributed by atoms with Crippen molar-refractivity contribution in [1.29, 1.82) is 0 Å². The van der Waals surface area contributed by atoms with Gasteiger partial charge in [0, 0.05) is 18.3 Å². The summed E-state index contributed by atoms with van der Waals surface area (Å²) in [4.78, 5) is 12.1. The number of nitrogens with zero attached hydrogens (tertiary/aromatic N) is 2. The van der Waals surface area contributed by atoms with Crippen LogP contribution in [0.3, 0.4) is 0 Å². The Kier molecular flexibility index (Phi) is 4.40. The van der Waals surface area contributed by atoms with Crippen LogP contribution in [0.25, 0.3) is 0 Å². The number of rotatable bonds is 4. The summed E-state index contributed by atoms with van der Waals surface area (Å²) >= 11 is 0. The van der Waals surface area contributed by atoms with Gasteiger partial charge in [0.2, 0.25) is 5.91 Å². The Hall–Kier alpha value is -2.17. The molecule has 0 aliphatic rings. The van der Waals surface area contributed by atoms with Gasteiger partial charge in [0.25, 0.3) is 0 Å². The molecule has 1 N–H and O–H groups in total. The molecule has 0 aliphatic carbocycles. The molecule has 0 bridgehead atoms. The number of amides is 1. The minimum atomic E-state index is -0.327. The summed E-state index contributed by atoms with van der Waals surface area (Å²) < 4.78 is 14.9. The van der Waals surface area contributed by atoms with Crippen molar-refractivity contribution in [3.63, 3.8) is 0 Å². The van der Waals surface area contributed by atoms with Crippen LogP contribution in [0.1, 0.15) is 35.5 Å². The molecule has 0 saturated heterocycles. The number of hydrogen-bond donors (Lipinski definition) is 1. The molecule has 2 aromatic rings. The van der Waals surface area contributed by atoms with Gasteiger partial charge in [-0.15, -0.1) is 0 Å². The topological polar surface area (TPSA) is 46.9 Å². The first-order valence-corrected chi connectivity index (χ1v) is 6.92.